The molecule has 0 saturated carbocycles. The van der Waals surface area contributed by atoms with Crippen molar-refractivity contribution >= 4 is 33.4 Å². The number of aryl methyl sites for hydroxylation is 1. The number of halogens is 1. The highest BCUT2D eigenvalue weighted by molar-refractivity contribution is 6.31. The van der Waals surface area contributed by atoms with Crippen LogP contribution in [0, 0.1) is 0 Å². The van der Waals surface area contributed by atoms with Crippen LogP contribution in [-0.4, -0.2) is 4.57 Å². The summed E-state index contributed by atoms with van der Waals surface area (Å²) in [7, 11) is 0. The normalized spacial score (nSPS) is 11.3. The number of pyridine rings is 1. The maximum atomic E-state index is 12.6. The number of fused-ring (bicyclic) bond motifs is 2. The van der Waals surface area contributed by atoms with Crippen molar-refractivity contribution in [3.8, 4) is 0 Å². The van der Waals surface area contributed by atoms with Gasteiger partial charge in [0.1, 0.15) is 0 Å². The topological polar surface area (TPSA) is 22.0 Å². The van der Waals surface area contributed by atoms with Crippen LogP contribution in [0.15, 0.2) is 47.3 Å². The first kappa shape index (κ1) is 13.2. The summed E-state index contributed by atoms with van der Waals surface area (Å²) in [6.45, 7) is 3.08. The molecule has 2 nitrogen and oxygen atoms in total. The average Bonchev–Trinajstić information content (AvgIpc) is 2.48. The van der Waals surface area contributed by atoms with Crippen LogP contribution in [0.1, 0.15) is 19.8 Å². The van der Waals surface area contributed by atoms with E-state index in [0.29, 0.717) is 10.4 Å². The molecule has 1 heterocycles. The Morgan fingerprint density at radius 3 is 2.60 bits per heavy atom. The molecule has 0 radical (unpaired) electrons. The molecule has 0 N–H and O–H groups in total. The third kappa shape index (κ3) is 2.10. The largest absolute Gasteiger partial charge is 0.340 e. The Hall–Kier alpha value is -1.80. The Kier molecular flexibility index (Phi) is 3.49. The minimum absolute atomic E-state index is 0.0610. The number of benzene rings is 2. The van der Waals surface area contributed by atoms with E-state index in [-0.39, 0.29) is 5.43 Å². The van der Waals surface area contributed by atoms with Crippen LogP contribution in [0.25, 0.3) is 21.8 Å². The third-order valence-corrected chi connectivity index (χ3v) is 3.90. The lowest BCUT2D eigenvalue weighted by Crippen LogP contribution is -2.11. The fraction of sp³-hybridized carbons (Fsp3) is 0.235. The number of para-hydroxylation sites is 1. The molecule has 102 valence electrons. The highest BCUT2D eigenvalue weighted by Gasteiger charge is 2.10. The van der Waals surface area contributed by atoms with Crippen molar-refractivity contribution in [3.05, 3.63) is 57.7 Å². The molecule has 0 amide bonds. The zero-order valence-corrected chi connectivity index (χ0v) is 12.2. The summed E-state index contributed by atoms with van der Waals surface area (Å²) in [5.41, 5.74) is 2.03. The lowest BCUT2D eigenvalue weighted by Gasteiger charge is -2.14. The molecule has 1 aromatic heterocycles. The van der Waals surface area contributed by atoms with E-state index in [1.807, 2.05) is 36.4 Å². The second-order valence-corrected chi connectivity index (χ2v) is 5.45. The predicted molar refractivity (Wildman–Crippen MR) is 85.6 cm³/mol. The summed E-state index contributed by atoms with van der Waals surface area (Å²) in [6, 6.07) is 13.4. The maximum absolute atomic E-state index is 12.6. The van der Waals surface area contributed by atoms with Gasteiger partial charge in [0.05, 0.1) is 11.0 Å². The first-order chi connectivity index (χ1) is 9.72. The minimum Gasteiger partial charge on any atom is -0.340 e. The van der Waals surface area contributed by atoms with Gasteiger partial charge < -0.3 is 4.57 Å². The molecule has 0 fully saturated rings. The number of hydrogen-bond acceptors (Lipinski definition) is 1. The zero-order chi connectivity index (χ0) is 14.1. The Bertz CT molecular complexity index is 835. The Balaban J connectivity index is 2.46. The fourth-order valence-electron chi connectivity index (χ4n) is 2.66. The first-order valence-electron chi connectivity index (χ1n) is 6.93. The minimum atomic E-state index is 0.0610. The summed E-state index contributed by atoms with van der Waals surface area (Å²) in [5.74, 6) is 0. The van der Waals surface area contributed by atoms with Crippen molar-refractivity contribution < 1.29 is 0 Å². The van der Waals surface area contributed by atoms with E-state index < -0.39 is 0 Å². The fourth-order valence-corrected chi connectivity index (χ4v) is 2.83. The number of rotatable bonds is 3. The molecule has 20 heavy (non-hydrogen) atoms. The van der Waals surface area contributed by atoms with Crippen molar-refractivity contribution in [2.45, 2.75) is 26.3 Å². The summed E-state index contributed by atoms with van der Waals surface area (Å²) >= 11 is 6.05. The van der Waals surface area contributed by atoms with Crippen molar-refractivity contribution in [1.82, 2.24) is 4.57 Å². The molecule has 0 spiro atoms. The standard InChI is InChI=1S/C17H16ClNO/c1-2-3-10-19-15-7-5-4-6-13(15)17(20)14-11-12(18)8-9-16(14)19/h4-9,11H,2-3,10H2,1H3. The molecule has 2 aromatic carbocycles. The summed E-state index contributed by atoms with van der Waals surface area (Å²) in [4.78, 5) is 12.6. The van der Waals surface area contributed by atoms with Crippen LogP contribution in [0.4, 0.5) is 0 Å². The molecule has 3 heteroatoms. The van der Waals surface area contributed by atoms with Gasteiger partial charge >= 0.3 is 0 Å². The average molecular weight is 286 g/mol. The molecule has 0 atom stereocenters. The Labute approximate surface area is 122 Å². The molecule has 0 aliphatic rings. The molecule has 0 saturated heterocycles. The van der Waals surface area contributed by atoms with E-state index in [1.54, 1.807) is 6.07 Å². The van der Waals surface area contributed by atoms with Crippen LogP contribution >= 0.6 is 11.6 Å². The summed E-state index contributed by atoms with van der Waals surface area (Å²) in [5, 5.41) is 2.07. The smallest absolute Gasteiger partial charge is 0.197 e. The zero-order valence-electron chi connectivity index (χ0n) is 11.4. The van der Waals surface area contributed by atoms with Gasteiger partial charge in [-0.1, -0.05) is 37.1 Å². The van der Waals surface area contributed by atoms with Gasteiger partial charge in [0.2, 0.25) is 0 Å². The van der Waals surface area contributed by atoms with Gasteiger partial charge in [-0.2, -0.15) is 0 Å². The Morgan fingerprint density at radius 2 is 1.80 bits per heavy atom. The SMILES string of the molecule is CCCCn1c2ccccc2c(=O)c2cc(Cl)ccc21. The summed E-state index contributed by atoms with van der Waals surface area (Å²) in [6.07, 6.45) is 2.21. The van der Waals surface area contributed by atoms with E-state index in [9.17, 15) is 4.79 Å². The van der Waals surface area contributed by atoms with Crippen LogP contribution in [-0.2, 0) is 6.54 Å². The number of nitrogens with zero attached hydrogens (tertiary/aromatic N) is 1. The van der Waals surface area contributed by atoms with Gasteiger partial charge in [0.25, 0.3) is 0 Å². The highest BCUT2D eigenvalue weighted by Crippen LogP contribution is 2.22. The van der Waals surface area contributed by atoms with Gasteiger partial charge in [0, 0.05) is 22.3 Å². The molecule has 0 bridgehead atoms. The van der Waals surface area contributed by atoms with Gasteiger partial charge in [-0.15, -0.1) is 0 Å². The van der Waals surface area contributed by atoms with Crippen molar-refractivity contribution in [1.29, 1.82) is 0 Å². The highest BCUT2D eigenvalue weighted by atomic mass is 35.5. The second-order valence-electron chi connectivity index (χ2n) is 5.01. The van der Waals surface area contributed by atoms with E-state index in [1.165, 1.54) is 0 Å². The number of hydrogen-bond donors (Lipinski definition) is 0. The van der Waals surface area contributed by atoms with Crippen LogP contribution in [0.2, 0.25) is 5.02 Å². The number of unbranched alkanes of at least 4 members (excludes halogenated alkanes) is 1. The molecular formula is C17H16ClNO. The van der Waals surface area contributed by atoms with E-state index >= 15 is 0 Å². The molecule has 3 rings (SSSR count). The van der Waals surface area contributed by atoms with E-state index in [0.717, 1.165) is 35.8 Å². The van der Waals surface area contributed by atoms with Gasteiger partial charge in [-0.25, -0.2) is 0 Å². The lowest BCUT2D eigenvalue weighted by molar-refractivity contribution is 0.662. The van der Waals surface area contributed by atoms with Crippen molar-refractivity contribution in [3.63, 3.8) is 0 Å². The second kappa shape index (κ2) is 5.29. The van der Waals surface area contributed by atoms with E-state index in [2.05, 4.69) is 11.5 Å². The first-order valence-corrected chi connectivity index (χ1v) is 7.31. The van der Waals surface area contributed by atoms with E-state index in [4.69, 9.17) is 11.6 Å². The van der Waals surface area contributed by atoms with Crippen LogP contribution in [0.3, 0.4) is 0 Å². The molecular weight excluding hydrogens is 270 g/mol. The molecule has 0 aliphatic carbocycles. The maximum Gasteiger partial charge on any atom is 0.197 e. The summed E-state index contributed by atoms with van der Waals surface area (Å²) < 4.78 is 2.23. The number of aromatic nitrogens is 1. The van der Waals surface area contributed by atoms with Crippen molar-refractivity contribution in [2.75, 3.05) is 0 Å². The molecule has 0 aliphatic heterocycles. The lowest BCUT2D eigenvalue weighted by atomic mass is 10.1. The van der Waals surface area contributed by atoms with Crippen LogP contribution in [0.5, 0.6) is 0 Å². The van der Waals surface area contributed by atoms with Gasteiger partial charge in [0.15, 0.2) is 5.43 Å². The monoisotopic (exact) mass is 285 g/mol. The van der Waals surface area contributed by atoms with Crippen molar-refractivity contribution in [2.24, 2.45) is 0 Å². The molecule has 3 aromatic rings. The molecule has 0 unspecified atom stereocenters. The Morgan fingerprint density at radius 1 is 1.05 bits per heavy atom. The quantitative estimate of drug-likeness (QED) is 0.644. The third-order valence-electron chi connectivity index (χ3n) is 3.67. The predicted octanol–water partition coefficient (Wildman–Crippen LogP) is 4.61. The van der Waals surface area contributed by atoms with Gasteiger partial charge in [-0.05, 0) is 36.8 Å². The van der Waals surface area contributed by atoms with Crippen LogP contribution < -0.4 is 5.43 Å². The van der Waals surface area contributed by atoms with Gasteiger partial charge in [-0.3, -0.25) is 4.79 Å².